The van der Waals surface area contributed by atoms with E-state index in [-0.39, 0.29) is 29.4 Å². The molecule has 0 unspecified atom stereocenters. The number of methoxy groups -OCH3 is 1. The molecular weight excluding hydrogens is 719 g/mol. The van der Waals surface area contributed by atoms with Gasteiger partial charge >= 0.3 is 5.97 Å². The summed E-state index contributed by atoms with van der Waals surface area (Å²) >= 11 is 20.3. The predicted molar refractivity (Wildman–Crippen MR) is 197 cm³/mol. The molecule has 4 aromatic carbocycles. The van der Waals surface area contributed by atoms with Gasteiger partial charge in [0, 0.05) is 21.2 Å². The van der Waals surface area contributed by atoms with E-state index < -0.39 is 12.0 Å². The molecule has 256 valence electrons. The molecule has 8 nitrogen and oxygen atoms in total. The number of fused-ring (bicyclic) bond motifs is 1. The Morgan fingerprint density at radius 2 is 1.68 bits per heavy atom. The van der Waals surface area contributed by atoms with Crippen molar-refractivity contribution in [2.75, 3.05) is 20.3 Å². The summed E-state index contributed by atoms with van der Waals surface area (Å²) in [5.41, 5.74) is 3.08. The molecule has 1 aliphatic heterocycles. The van der Waals surface area contributed by atoms with Crippen LogP contribution in [0.2, 0.25) is 15.1 Å². The van der Waals surface area contributed by atoms with Crippen LogP contribution in [0.25, 0.3) is 11.8 Å². The molecule has 1 atom stereocenters. The number of halogens is 3. The highest BCUT2D eigenvalue weighted by molar-refractivity contribution is 7.07. The number of aromatic nitrogens is 1. The molecule has 0 saturated carbocycles. The molecule has 0 N–H and O–H groups in total. The first kappa shape index (κ1) is 35.3. The fraction of sp³-hybridized carbons (Fsp3) is 0.184. The number of ether oxygens (including phenoxy) is 4. The molecule has 12 heteroatoms. The zero-order valence-corrected chi connectivity index (χ0v) is 30.3. The monoisotopic (exact) mass is 748 g/mol. The number of hydrogen-bond acceptors (Lipinski definition) is 8. The van der Waals surface area contributed by atoms with Crippen LogP contribution < -0.4 is 29.1 Å². The first-order valence-electron chi connectivity index (χ1n) is 15.7. The molecule has 0 amide bonds. The van der Waals surface area contributed by atoms with Gasteiger partial charge in [0.2, 0.25) is 0 Å². The van der Waals surface area contributed by atoms with Crippen molar-refractivity contribution in [1.82, 2.24) is 4.57 Å². The molecule has 6 rings (SSSR count). The van der Waals surface area contributed by atoms with Gasteiger partial charge in [-0.2, -0.15) is 0 Å². The molecular formula is C38H31Cl3N2O6S. The van der Waals surface area contributed by atoms with Crippen molar-refractivity contribution in [2.24, 2.45) is 4.99 Å². The van der Waals surface area contributed by atoms with Crippen molar-refractivity contribution in [1.29, 1.82) is 0 Å². The number of carbonyl (C=O) groups is 1. The highest BCUT2D eigenvalue weighted by Crippen LogP contribution is 2.38. The van der Waals surface area contributed by atoms with Crippen LogP contribution in [0.5, 0.6) is 17.2 Å². The third kappa shape index (κ3) is 7.32. The van der Waals surface area contributed by atoms with Gasteiger partial charge in [-0.05, 0) is 67.4 Å². The lowest BCUT2D eigenvalue weighted by molar-refractivity contribution is -0.138. The number of hydrogen-bond donors (Lipinski definition) is 0. The minimum Gasteiger partial charge on any atom is -0.494 e. The maximum atomic E-state index is 14.3. The summed E-state index contributed by atoms with van der Waals surface area (Å²) in [7, 11) is 1.50. The minimum absolute atomic E-state index is 0.127. The van der Waals surface area contributed by atoms with E-state index in [2.05, 4.69) is 0 Å². The molecule has 5 aromatic rings. The predicted octanol–water partition coefficient (Wildman–Crippen LogP) is 7.88. The number of benzene rings is 4. The van der Waals surface area contributed by atoms with Crippen LogP contribution in [-0.4, -0.2) is 30.9 Å². The van der Waals surface area contributed by atoms with Gasteiger partial charge in [0.1, 0.15) is 12.4 Å². The van der Waals surface area contributed by atoms with Gasteiger partial charge in [0.15, 0.2) is 16.3 Å². The van der Waals surface area contributed by atoms with Gasteiger partial charge in [-0.1, -0.05) is 94.7 Å². The van der Waals surface area contributed by atoms with E-state index in [4.69, 9.17) is 58.7 Å². The fourth-order valence-corrected chi connectivity index (χ4v) is 7.31. The molecule has 0 aliphatic carbocycles. The minimum atomic E-state index is -0.827. The molecule has 0 bridgehead atoms. The van der Waals surface area contributed by atoms with Crippen LogP contribution in [0.4, 0.5) is 0 Å². The van der Waals surface area contributed by atoms with E-state index in [1.807, 2.05) is 61.5 Å². The van der Waals surface area contributed by atoms with Crippen molar-refractivity contribution in [3.63, 3.8) is 0 Å². The molecule has 1 aromatic heterocycles. The average Bonchev–Trinajstić information content (AvgIpc) is 3.42. The van der Waals surface area contributed by atoms with Crippen LogP contribution in [0, 0.1) is 0 Å². The van der Waals surface area contributed by atoms with Crippen molar-refractivity contribution < 1.29 is 23.7 Å². The van der Waals surface area contributed by atoms with Gasteiger partial charge in [-0.25, -0.2) is 9.79 Å². The second-order valence-corrected chi connectivity index (χ2v) is 13.3. The highest BCUT2D eigenvalue weighted by atomic mass is 35.5. The third-order valence-corrected chi connectivity index (χ3v) is 9.67. The standard InChI is InChI=1S/C38H31Cl3N2O6S/c1-4-47-27-15-12-24(13-16-27)34-32(37(45)48-5-2)33(23-9-7-6-8-10-23)42-38-43(34)36(44)31(50-38)19-22-17-29(41)35(30(18-22)46-3)49-21-25-11-14-26(39)20-28(25)40/h6-20,34H,4-5,21H2,1-3H3/b31-19-/t34-/m0/s1. The summed E-state index contributed by atoms with van der Waals surface area (Å²) in [6, 6.07) is 24.4. The molecule has 1 aliphatic rings. The number of nitrogens with zero attached hydrogens (tertiary/aromatic N) is 2. The largest absolute Gasteiger partial charge is 0.494 e. The number of esters is 1. The van der Waals surface area contributed by atoms with Crippen molar-refractivity contribution >= 4 is 63.9 Å². The fourth-order valence-electron chi connectivity index (χ4n) is 5.57. The Morgan fingerprint density at radius 1 is 0.920 bits per heavy atom. The molecule has 0 fully saturated rings. The lowest BCUT2D eigenvalue weighted by Crippen LogP contribution is -2.40. The normalized spacial score (nSPS) is 14.2. The second kappa shape index (κ2) is 15.6. The Morgan fingerprint density at radius 3 is 2.36 bits per heavy atom. The van der Waals surface area contributed by atoms with E-state index >= 15 is 0 Å². The van der Waals surface area contributed by atoms with Crippen LogP contribution in [0.1, 0.15) is 42.1 Å². The lowest BCUT2D eigenvalue weighted by atomic mass is 9.93. The van der Waals surface area contributed by atoms with Crippen LogP contribution in [0.3, 0.4) is 0 Å². The first-order valence-corrected chi connectivity index (χ1v) is 17.6. The summed E-state index contributed by atoms with van der Waals surface area (Å²) in [6.45, 7) is 4.42. The van der Waals surface area contributed by atoms with E-state index in [0.29, 0.717) is 60.1 Å². The van der Waals surface area contributed by atoms with Crippen LogP contribution >= 0.6 is 46.1 Å². The number of thiazole rings is 1. The molecule has 0 spiro atoms. The maximum absolute atomic E-state index is 14.3. The molecule has 0 saturated heterocycles. The smallest absolute Gasteiger partial charge is 0.338 e. The van der Waals surface area contributed by atoms with Gasteiger partial charge in [-0.3, -0.25) is 9.36 Å². The zero-order chi connectivity index (χ0) is 35.4. The van der Waals surface area contributed by atoms with E-state index in [1.54, 1.807) is 43.3 Å². The maximum Gasteiger partial charge on any atom is 0.338 e. The van der Waals surface area contributed by atoms with Crippen LogP contribution in [0.15, 0.2) is 100 Å². The second-order valence-electron chi connectivity index (χ2n) is 11.0. The van der Waals surface area contributed by atoms with Gasteiger partial charge in [0.05, 0.1) is 47.2 Å². The topological polar surface area (TPSA) is 88.4 Å². The number of rotatable bonds is 11. The van der Waals surface area contributed by atoms with Crippen molar-refractivity contribution in [3.8, 4) is 17.2 Å². The molecule has 0 radical (unpaired) electrons. The summed E-state index contributed by atoms with van der Waals surface area (Å²) in [5.74, 6) is 0.795. The third-order valence-electron chi connectivity index (χ3n) is 7.82. The lowest BCUT2D eigenvalue weighted by Gasteiger charge is -2.26. The Labute approximate surface area is 307 Å². The van der Waals surface area contributed by atoms with Crippen molar-refractivity contribution in [3.05, 3.63) is 148 Å². The summed E-state index contributed by atoms with van der Waals surface area (Å²) in [4.78, 5) is 33.4. The highest BCUT2D eigenvalue weighted by Gasteiger charge is 2.35. The van der Waals surface area contributed by atoms with Crippen LogP contribution in [-0.2, 0) is 16.1 Å². The number of carbonyl (C=O) groups excluding carboxylic acids is 1. The quantitative estimate of drug-likeness (QED) is 0.128. The summed E-state index contributed by atoms with van der Waals surface area (Å²) in [5, 5.41) is 1.25. The SMILES string of the molecule is CCOC(=O)C1=C(c2ccccc2)N=c2s/c(=C\c3cc(Cl)c(OCc4ccc(Cl)cc4Cl)c(OC)c3)c(=O)n2[C@H]1c1ccc(OCC)cc1. The van der Waals surface area contributed by atoms with E-state index in [1.165, 1.54) is 23.0 Å². The van der Waals surface area contributed by atoms with Crippen molar-refractivity contribution in [2.45, 2.75) is 26.5 Å². The Hall–Kier alpha value is -4.54. The first-order chi connectivity index (χ1) is 24.2. The Bertz CT molecular complexity index is 2270. The van der Waals surface area contributed by atoms with Gasteiger partial charge in [-0.15, -0.1) is 0 Å². The Kier molecular flexibility index (Phi) is 11.0. The van der Waals surface area contributed by atoms with Gasteiger partial charge in [0.25, 0.3) is 5.56 Å². The average molecular weight is 750 g/mol. The van der Waals surface area contributed by atoms with E-state index in [0.717, 1.165) is 11.1 Å². The molecule has 50 heavy (non-hydrogen) atoms. The summed E-state index contributed by atoms with van der Waals surface area (Å²) in [6.07, 6.45) is 1.71. The Balaban J connectivity index is 1.48. The zero-order valence-electron chi connectivity index (χ0n) is 27.2. The molecule has 2 heterocycles. The summed E-state index contributed by atoms with van der Waals surface area (Å²) < 4.78 is 24.8. The van der Waals surface area contributed by atoms with E-state index in [9.17, 15) is 9.59 Å². The van der Waals surface area contributed by atoms with Gasteiger partial charge < -0.3 is 18.9 Å².